The van der Waals surface area contributed by atoms with Crippen molar-refractivity contribution in [2.45, 2.75) is 72.1 Å². The van der Waals surface area contributed by atoms with Gasteiger partial charge in [-0.25, -0.2) is 4.79 Å². The van der Waals surface area contributed by atoms with E-state index in [1.54, 1.807) is 7.11 Å². The number of benzene rings is 1. The summed E-state index contributed by atoms with van der Waals surface area (Å²) in [5.74, 6) is 0.325. The third-order valence-corrected chi connectivity index (χ3v) is 7.04. The fraction of sp³-hybridized carbons (Fsp3) is 0.654. The van der Waals surface area contributed by atoms with Crippen molar-refractivity contribution in [2.75, 3.05) is 13.7 Å². The molecule has 188 valence electrons. The molecule has 0 radical (unpaired) electrons. The van der Waals surface area contributed by atoms with Crippen LogP contribution < -0.4 is 5.32 Å². The smallest absolute Gasteiger partial charge is 0.405 e. The van der Waals surface area contributed by atoms with Crippen LogP contribution in [-0.2, 0) is 27.2 Å². The summed E-state index contributed by atoms with van der Waals surface area (Å²) >= 11 is 0. The quantitative estimate of drug-likeness (QED) is 0.348. The number of fused-ring (bicyclic) bond motifs is 1. The van der Waals surface area contributed by atoms with E-state index in [1.165, 1.54) is 5.56 Å². The summed E-state index contributed by atoms with van der Waals surface area (Å²) in [7, 11) is 1.70. The number of aryl methyl sites for hydroxylation is 1. The maximum atomic E-state index is 12.3. The highest BCUT2D eigenvalue weighted by Crippen LogP contribution is 2.33. The van der Waals surface area contributed by atoms with Gasteiger partial charge < -0.3 is 19.9 Å². The van der Waals surface area contributed by atoms with E-state index in [4.69, 9.17) is 9.47 Å². The number of esters is 1. The van der Waals surface area contributed by atoms with Crippen LogP contribution in [0.5, 0.6) is 0 Å². The van der Waals surface area contributed by atoms with Crippen molar-refractivity contribution in [3.05, 3.63) is 30.0 Å². The molecule has 0 aliphatic carbocycles. The molecule has 1 aliphatic rings. The third-order valence-electron chi connectivity index (χ3n) is 7.04. The topological polar surface area (TPSA) is 103 Å². The lowest BCUT2D eigenvalue weighted by molar-refractivity contribution is -0.146. The lowest BCUT2D eigenvalue weighted by Crippen LogP contribution is -2.44. The zero-order valence-electron chi connectivity index (χ0n) is 21.0. The molecule has 1 aromatic heterocycles. The standard InChI is InChI=1S/C26H39N3O5/c1-16(2)20(13-22(28-26(31)32)24-14-21(17(3)4)25(30)34-24)11-18-7-8-19-15-27-29(23(19)12-18)9-6-10-33-5/h7-8,12,15-17,20-22,24,28H,6,9-11,13-14H2,1-5H3,(H,31,32)/t20-,21+,22+,24+/m1/s1. The fourth-order valence-electron chi connectivity index (χ4n) is 4.88. The van der Waals surface area contributed by atoms with Crippen molar-refractivity contribution in [2.24, 2.45) is 23.7 Å². The van der Waals surface area contributed by atoms with E-state index >= 15 is 0 Å². The van der Waals surface area contributed by atoms with Gasteiger partial charge >= 0.3 is 12.1 Å². The Bertz CT molecular complexity index is 970. The highest BCUT2D eigenvalue weighted by atomic mass is 16.6. The van der Waals surface area contributed by atoms with Gasteiger partial charge in [-0.3, -0.25) is 9.48 Å². The molecule has 2 heterocycles. The number of amides is 1. The summed E-state index contributed by atoms with van der Waals surface area (Å²) in [5.41, 5.74) is 2.29. The number of methoxy groups -OCH3 is 1. The van der Waals surface area contributed by atoms with Gasteiger partial charge in [-0.2, -0.15) is 5.10 Å². The zero-order valence-corrected chi connectivity index (χ0v) is 21.0. The highest BCUT2D eigenvalue weighted by molar-refractivity contribution is 5.79. The first-order chi connectivity index (χ1) is 16.2. The first-order valence-corrected chi connectivity index (χ1v) is 12.3. The lowest BCUT2D eigenvalue weighted by atomic mass is 9.81. The number of nitrogens with one attached hydrogen (secondary N) is 1. The van der Waals surface area contributed by atoms with Crippen molar-refractivity contribution >= 4 is 23.0 Å². The molecule has 8 nitrogen and oxygen atoms in total. The van der Waals surface area contributed by atoms with E-state index in [2.05, 4.69) is 42.5 Å². The molecular weight excluding hydrogens is 434 g/mol. The number of nitrogens with zero attached hydrogens (tertiary/aromatic N) is 2. The average Bonchev–Trinajstić information content (AvgIpc) is 3.36. The molecule has 1 amide bonds. The molecular formula is C26H39N3O5. The van der Waals surface area contributed by atoms with Gasteiger partial charge in [0.1, 0.15) is 6.10 Å². The summed E-state index contributed by atoms with van der Waals surface area (Å²) in [6.07, 6.45) is 3.24. The maximum absolute atomic E-state index is 12.3. The van der Waals surface area contributed by atoms with Gasteiger partial charge in [-0.15, -0.1) is 0 Å². The molecule has 1 aliphatic heterocycles. The molecule has 4 atom stereocenters. The number of carbonyl (C=O) groups excluding carboxylic acids is 1. The summed E-state index contributed by atoms with van der Waals surface area (Å²) in [6.45, 7) is 9.81. The summed E-state index contributed by atoms with van der Waals surface area (Å²) in [4.78, 5) is 23.9. The molecule has 2 N–H and O–H groups in total. The fourth-order valence-corrected chi connectivity index (χ4v) is 4.88. The van der Waals surface area contributed by atoms with Crippen molar-refractivity contribution < 1.29 is 24.2 Å². The van der Waals surface area contributed by atoms with Crippen LogP contribution >= 0.6 is 0 Å². The first kappa shape index (κ1) is 26.0. The van der Waals surface area contributed by atoms with E-state index in [1.807, 2.05) is 24.7 Å². The van der Waals surface area contributed by atoms with Crippen LogP contribution in [0.25, 0.3) is 10.9 Å². The highest BCUT2D eigenvalue weighted by Gasteiger charge is 2.41. The van der Waals surface area contributed by atoms with Gasteiger partial charge in [0.15, 0.2) is 0 Å². The minimum absolute atomic E-state index is 0.171. The molecule has 2 aromatic rings. The molecule has 1 fully saturated rings. The van der Waals surface area contributed by atoms with Crippen molar-refractivity contribution in [3.8, 4) is 0 Å². The van der Waals surface area contributed by atoms with E-state index < -0.39 is 18.2 Å². The number of cyclic esters (lactones) is 1. The van der Waals surface area contributed by atoms with Gasteiger partial charge in [0, 0.05) is 25.6 Å². The number of carbonyl (C=O) groups is 2. The molecule has 0 saturated carbocycles. The molecule has 34 heavy (non-hydrogen) atoms. The normalized spacial score (nSPS) is 20.1. The Hall–Kier alpha value is -2.61. The second-order valence-corrected chi connectivity index (χ2v) is 10.2. The summed E-state index contributed by atoms with van der Waals surface area (Å²) in [5, 5.41) is 17.7. The Morgan fingerprint density at radius 3 is 2.71 bits per heavy atom. The second-order valence-electron chi connectivity index (χ2n) is 10.2. The summed E-state index contributed by atoms with van der Waals surface area (Å²) in [6, 6.07) is 5.99. The minimum Gasteiger partial charge on any atom is -0.465 e. The van der Waals surface area contributed by atoms with Crippen molar-refractivity contribution in [1.82, 2.24) is 15.1 Å². The van der Waals surface area contributed by atoms with E-state index in [-0.39, 0.29) is 23.7 Å². The number of aromatic nitrogens is 2. The molecule has 8 heteroatoms. The van der Waals surface area contributed by atoms with Crippen LogP contribution in [0.15, 0.2) is 24.4 Å². The van der Waals surface area contributed by atoms with Gasteiger partial charge in [0.25, 0.3) is 0 Å². The predicted molar refractivity (Wildman–Crippen MR) is 131 cm³/mol. The summed E-state index contributed by atoms with van der Waals surface area (Å²) < 4.78 is 12.8. The lowest BCUT2D eigenvalue weighted by Gasteiger charge is -2.29. The number of hydrogen-bond acceptors (Lipinski definition) is 5. The van der Waals surface area contributed by atoms with Crippen LogP contribution in [-0.4, -0.2) is 52.8 Å². The minimum atomic E-state index is -1.09. The van der Waals surface area contributed by atoms with Gasteiger partial charge in [-0.1, -0.05) is 39.8 Å². The Morgan fingerprint density at radius 2 is 2.09 bits per heavy atom. The van der Waals surface area contributed by atoms with Crippen LogP contribution in [0.2, 0.25) is 0 Å². The van der Waals surface area contributed by atoms with E-state index in [0.717, 1.165) is 30.3 Å². The molecule has 0 spiro atoms. The monoisotopic (exact) mass is 473 g/mol. The second kappa shape index (κ2) is 11.7. The molecule has 0 unspecified atom stereocenters. The number of rotatable bonds is 12. The maximum Gasteiger partial charge on any atom is 0.405 e. The molecule has 1 saturated heterocycles. The number of ether oxygens (including phenoxy) is 2. The Kier molecular flexibility index (Phi) is 8.94. The van der Waals surface area contributed by atoms with Crippen LogP contribution in [0.1, 0.15) is 52.5 Å². The zero-order chi connectivity index (χ0) is 24.8. The first-order valence-electron chi connectivity index (χ1n) is 12.3. The predicted octanol–water partition coefficient (Wildman–Crippen LogP) is 4.50. The Labute approximate surface area is 202 Å². The Morgan fingerprint density at radius 1 is 1.32 bits per heavy atom. The van der Waals surface area contributed by atoms with Crippen LogP contribution in [0.3, 0.4) is 0 Å². The largest absolute Gasteiger partial charge is 0.465 e. The SMILES string of the molecule is COCCCn1ncc2ccc(C[C@H](C[C@H](NC(=O)O)[C@@H]3C[C@@H](C(C)C)C(=O)O3)C(C)C)cc21. The average molecular weight is 474 g/mol. The van der Waals surface area contributed by atoms with E-state index in [9.17, 15) is 14.7 Å². The van der Waals surface area contributed by atoms with Crippen molar-refractivity contribution in [1.29, 1.82) is 0 Å². The molecule has 3 rings (SSSR count). The van der Waals surface area contributed by atoms with Gasteiger partial charge in [-0.05, 0) is 55.1 Å². The van der Waals surface area contributed by atoms with Crippen molar-refractivity contribution in [3.63, 3.8) is 0 Å². The number of hydrogen-bond donors (Lipinski definition) is 2. The van der Waals surface area contributed by atoms with Crippen LogP contribution in [0, 0.1) is 23.7 Å². The van der Waals surface area contributed by atoms with Crippen LogP contribution in [0.4, 0.5) is 4.79 Å². The van der Waals surface area contributed by atoms with Gasteiger partial charge in [0.2, 0.25) is 0 Å². The number of carboxylic acid groups (broad SMARTS) is 1. The molecule has 1 aromatic carbocycles. The molecule has 0 bridgehead atoms. The third kappa shape index (κ3) is 6.50. The van der Waals surface area contributed by atoms with E-state index in [0.29, 0.717) is 25.4 Å². The van der Waals surface area contributed by atoms with Gasteiger partial charge in [0.05, 0.1) is 23.7 Å². The Balaban J connectivity index is 1.76.